The van der Waals surface area contributed by atoms with Crippen LogP contribution in [0.5, 0.6) is 0 Å². The number of rotatable bonds is 6. The molecular weight excluding hydrogens is 492 g/mol. The number of allylic oxidation sites excluding steroid dienone is 2. The molecule has 0 spiro atoms. The van der Waals surface area contributed by atoms with Crippen LogP contribution in [0, 0.1) is 21.4 Å². The molecule has 180 valence electrons. The zero-order valence-corrected chi connectivity index (χ0v) is 20.7. The van der Waals surface area contributed by atoms with Gasteiger partial charge in [0.05, 0.1) is 21.8 Å². The number of nitro groups is 1. The first-order valence-electron chi connectivity index (χ1n) is 10.7. The zero-order valence-electron chi connectivity index (χ0n) is 19.1. The van der Waals surface area contributed by atoms with Gasteiger partial charge < -0.3 is 15.1 Å². The molecule has 12 heteroatoms. The number of hydrogen-bond acceptors (Lipinski definition) is 9. The normalized spacial score (nSPS) is 17.3. The quantitative estimate of drug-likeness (QED) is 0.431. The van der Waals surface area contributed by atoms with E-state index in [0.717, 1.165) is 11.8 Å². The van der Waals surface area contributed by atoms with Crippen molar-refractivity contribution < 1.29 is 14.1 Å². The number of furan rings is 1. The van der Waals surface area contributed by atoms with E-state index >= 15 is 0 Å². The highest BCUT2D eigenvalue weighted by Crippen LogP contribution is 2.46. The topological polar surface area (TPSA) is 142 Å². The Bertz CT molecular complexity index is 1370. The van der Waals surface area contributed by atoms with E-state index in [4.69, 9.17) is 21.8 Å². The van der Waals surface area contributed by atoms with Crippen LogP contribution in [0.4, 0.5) is 5.69 Å². The monoisotopic (exact) mass is 512 g/mol. The lowest BCUT2D eigenvalue weighted by molar-refractivity contribution is -0.384. The predicted molar refractivity (Wildman–Crippen MR) is 133 cm³/mol. The average Bonchev–Trinajstić information content (AvgIpc) is 3.43. The summed E-state index contributed by atoms with van der Waals surface area (Å²) < 4.78 is 6.12. The van der Waals surface area contributed by atoms with Gasteiger partial charge in [-0.15, -0.1) is 0 Å². The number of halogens is 1. The molecule has 3 heterocycles. The number of likely N-dealkylation sites (N-methyl/N-ethyl adjacent to an activating group) is 1. The number of aliphatic imine (C=N–C) groups is 1. The first kappa shape index (κ1) is 24.4. The van der Waals surface area contributed by atoms with E-state index in [-0.39, 0.29) is 38.7 Å². The molecule has 1 aromatic heterocycles. The fraction of sp³-hybridized carbons (Fsp3) is 0.261. The molecule has 2 aliphatic heterocycles. The molecule has 2 N–H and O–H groups in total. The molecule has 1 amide bonds. The Balaban J connectivity index is 1.88. The number of nitro benzene ring substituents is 1. The highest BCUT2D eigenvalue weighted by atomic mass is 35.5. The van der Waals surface area contributed by atoms with Gasteiger partial charge in [-0.1, -0.05) is 11.6 Å². The summed E-state index contributed by atoms with van der Waals surface area (Å²) in [6.45, 7) is 6.45. The minimum absolute atomic E-state index is 0.161. The van der Waals surface area contributed by atoms with Gasteiger partial charge in [0.1, 0.15) is 34.4 Å². The first-order valence-corrected chi connectivity index (χ1v) is 11.9. The van der Waals surface area contributed by atoms with Gasteiger partial charge in [0.15, 0.2) is 5.17 Å². The van der Waals surface area contributed by atoms with Crippen LogP contribution in [0.3, 0.4) is 0 Å². The summed E-state index contributed by atoms with van der Waals surface area (Å²) in [6.07, 6.45) is 0. The average molecular weight is 513 g/mol. The minimum Gasteiger partial charge on any atom is -0.458 e. The number of nitrogens with zero attached hydrogens (tertiary/aromatic N) is 5. The Hall–Kier alpha value is -3.75. The van der Waals surface area contributed by atoms with Gasteiger partial charge in [-0.3, -0.25) is 19.8 Å². The second-order valence-corrected chi connectivity index (χ2v) is 9.11. The van der Waals surface area contributed by atoms with Gasteiger partial charge in [0, 0.05) is 24.2 Å². The number of nitriles is 1. The Morgan fingerprint density at radius 3 is 2.71 bits per heavy atom. The molecule has 0 saturated heterocycles. The highest BCUT2D eigenvalue weighted by molar-refractivity contribution is 8.17. The van der Waals surface area contributed by atoms with Gasteiger partial charge >= 0.3 is 0 Å². The molecule has 35 heavy (non-hydrogen) atoms. The van der Waals surface area contributed by atoms with Crippen LogP contribution < -0.4 is 5.73 Å². The van der Waals surface area contributed by atoms with Crippen LogP contribution in [0.2, 0.25) is 5.02 Å². The number of carbonyl (C=O) groups is 1. The van der Waals surface area contributed by atoms with Gasteiger partial charge in [-0.25, -0.2) is 4.99 Å². The first-order chi connectivity index (χ1) is 16.7. The lowest BCUT2D eigenvalue weighted by atomic mass is 9.98. The minimum atomic E-state index is -0.811. The van der Waals surface area contributed by atoms with E-state index in [1.165, 1.54) is 18.2 Å². The van der Waals surface area contributed by atoms with E-state index in [0.29, 0.717) is 35.3 Å². The van der Waals surface area contributed by atoms with Crippen LogP contribution in [0.15, 0.2) is 61.7 Å². The number of fused-ring (bicyclic) bond motifs is 1. The van der Waals surface area contributed by atoms with Crippen molar-refractivity contribution in [2.75, 3.05) is 13.1 Å². The van der Waals surface area contributed by atoms with Crippen molar-refractivity contribution in [2.45, 2.75) is 26.8 Å². The standard InChI is InChI=1S/C23H21ClN6O4S/c1-4-28(5-2)22(31)19-12(3)27-23-29(21(26)18(11-25)35-23)20(19)17-9-8-16(34-17)14-7-6-13(24)10-15(14)30(32)33/h6-10,20H,4-5,26H2,1-3H3/t20-/m0/s1. The van der Waals surface area contributed by atoms with E-state index in [2.05, 4.69) is 11.1 Å². The van der Waals surface area contributed by atoms with Crippen molar-refractivity contribution >= 4 is 40.1 Å². The molecule has 2 aromatic rings. The van der Waals surface area contributed by atoms with Crippen molar-refractivity contribution in [3.63, 3.8) is 0 Å². The predicted octanol–water partition coefficient (Wildman–Crippen LogP) is 4.76. The van der Waals surface area contributed by atoms with Crippen LogP contribution in [0.1, 0.15) is 32.6 Å². The number of benzene rings is 1. The van der Waals surface area contributed by atoms with Crippen LogP contribution >= 0.6 is 23.4 Å². The number of nitrogens with two attached hydrogens (primary N) is 1. The molecule has 1 aromatic carbocycles. The largest absolute Gasteiger partial charge is 0.458 e. The van der Waals surface area contributed by atoms with Gasteiger partial charge in [-0.05, 0) is 56.8 Å². The molecule has 1 atom stereocenters. The molecule has 0 radical (unpaired) electrons. The Morgan fingerprint density at radius 1 is 1.37 bits per heavy atom. The van der Waals surface area contributed by atoms with E-state index in [9.17, 15) is 20.2 Å². The summed E-state index contributed by atoms with van der Waals surface area (Å²) in [4.78, 5) is 32.7. The van der Waals surface area contributed by atoms with E-state index in [1.807, 2.05) is 13.8 Å². The molecule has 0 aliphatic carbocycles. The third-order valence-electron chi connectivity index (χ3n) is 5.78. The summed E-state index contributed by atoms with van der Waals surface area (Å²) in [5.41, 5.74) is 7.17. The van der Waals surface area contributed by atoms with Crippen molar-refractivity contribution in [1.82, 2.24) is 9.80 Å². The molecule has 2 aliphatic rings. The van der Waals surface area contributed by atoms with Crippen LogP contribution in [-0.4, -0.2) is 38.9 Å². The summed E-state index contributed by atoms with van der Waals surface area (Å²) in [6, 6.07) is 8.79. The van der Waals surface area contributed by atoms with E-state index < -0.39 is 11.0 Å². The SMILES string of the molecule is CCN(CC)C(=O)C1=C(C)N=C2SC(C#N)=C(N)N2[C@H]1c1ccc(-c2ccc(Cl)cc2[N+](=O)[O-])o1. The molecular formula is C23H21ClN6O4S. The highest BCUT2D eigenvalue weighted by Gasteiger charge is 2.44. The molecule has 4 rings (SSSR count). The maximum atomic E-state index is 13.6. The third kappa shape index (κ3) is 4.15. The lowest BCUT2D eigenvalue weighted by Crippen LogP contribution is -2.42. The number of amidine groups is 1. The summed E-state index contributed by atoms with van der Waals surface area (Å²) in [5, 5.41) is 21.8. The van der Waals surface area contributed by atoms with Crippen molar-refractivity contribution in [3.8, 4) is 17.4 Å². The maximum absolute atomic E-state index is 13.6. The van der Waals surface area contributed by atoms with Gasteiger partial charge in [0.25, 0.3) is 11.6 Å². The van der Waals surface area contributed by atoms with Gasteiger partial charge in [-0.2, -0.15) is 5.26 Å². The number of carbonyl (C=O) groups excluding carboxylic acids is 1. The Morgan fingerprint density at radius 2 is 2.09 bits per heavy atom. The summed E-state index contributed by atoms with van der Waals surface area (Å²) >= 11 is 7.07. The number of hydrogen-bond donors (Lipinski definition) is 1. The second-order valence-electron chi connectivity index (χ2n) is 7.69. The van der Waals surface area contributed by atoms with Gasteiger partial charge in [0.2, 0.25) is 0 Å². The molecule has 0 fully saturated rings. The van der Waals surface area contributed by atoms with Crippen LogP contribution in [-0.2, 0) is 4.79 Å². The lowest BCUT2D eigenvalue weighted by Gasteiger charge is -2.35. The van der Waals surface area contributed by atoms with Crippen molar-refractivity contribution in [2.24, 2.45) is 10.7 Å². The Labute approximate surface area is 210 Å². The van der Waals surface area contributed by atoms with Crippen molar-refractivity contribution in [3.05, 3.63) is 73.2 Å². The zero-order chi connectivity index (χ0) is 25.4. The number of thioether (sulfide) groups is 1. The number of amides is 1. The molecule has 0 unspecified atom stereocenters. The van der Waals surface area contributed by atoms with E-state index in [1.54, 1.807) is 28.9 Å². The maximum Gasteiger partial charge on any atom is 0.281 e. The van der Waals surface area contributed by atoms with Crippen LogP contribution in [0.25, 0.3) is 11.3 Å². The smallest absolute Gasteiger partial charge is 0.281 e. The Kier molecular flexibility index (Phi) is 6.60. The molecule has 10 nitrogen and oxygen atoms in total. The fourth-order valence-corrected chi connectivity index (χ4v) is 5.16. The fourth-order valence-electron chi connectivity index (χ4n) is 4.07. The molecule has 0 bridgehead atoms. The molecule has 0 saturated carbocycles. The summed E-state index contributed by atoms with van der Waals surface area (Å²) in [5.74, 6) is 0.483. The summed E-state index contributed by atoms with van der Waals surface area (Å²) in [7, 11) is 0. The third-order valence-corrected chi connectivity index (χ3v) is 6.99. The second kappa shape index (κ2) is 9.48. The van der Waals surface area contributed by atoms with Crippen molar-refractivity contribution in [1.29, 1.82) is 5.26 Å².